The van der Waals surface area contributed by atoms with E-state index in [0.717, 1.165) is 6.54 Å². The first-order valence-corrected chi connectivity index (χ1v) is 6.44. The van der Waals surface area contributed by atoms with Crippen LogP contribution in [0.5, 0.6) is 0 Å². The smallest absolute Gasteiger partial charge is 0.267 e. The van der Waals surface area contributed by atoms with E-state index in [1.807, 2.05) is 11.8 Å². The maximum atomic E-state index is 11.7. The summed E-state index contributed by atoms with van der Waals surface area (Å²) in [5.74, 6) is 1.12. The topological polar surface area (TPSA) is 70.9 Å². The van der Waals surface area contributed by atoms with Crippen LogP contribution in [-0.4, -0.2) is 27.9 Å². The summed E-state index contributed by atoms with van der Waals surface area (Å²) in [4.78, 5) is 14.6. The van der Waals surface area contributed by atoms with Gasteiger partial charge in [-0.05, 0) is 31.6 Å². The normalized spacial score (nSPS) is 24.6. The van der Waals surface area contributed by atoms with Crippen LogP contribution in [0.25, 0.3) is 0 Å². The van der Waals surface area contributed by atoms with Crippen LogP contribution in [0, 0.1) is 0 Å². The lowest BCUT2D eigenvalue weighted by atomic mass is 10.1. The standard InChI is InChI=1S/C11H17N3OS/c1-11(3-2-4-16-11)7-14-10(15)9-5-8(12)6-13-9/h5-6,13H,2-4,7,12H2,1H3,(H,14,15). The Bertz CT molecular complexity index is 382. The fraction of sp³-hybridized carbons (Fsp3) is 0.545. The molecule has 0 aliphatic carbocycles. The number of nitrogens with one attached hydrogen (secondary N) is 2. The van der Waals surface area contributed by atoms with Crippen molar-refractivity contribution in [1.82, 2.24) is 10.3 Å². The third-order valence-corrected chi connectivity index (χ3v) is 4.41. The van der Waals surface area contributed by atoms with Crippen molar-refractivity contribution in [3.05, 3.63) is 18.0 Å². The number of hydrogen-bond donors (Lipinski definition) is 3. The Morgan fingerprint density at radius 3 is 3.12 bits per heavy atom. The molecule has 2 rings (SSSR count). The van der Waals surface area contributed by atoms with Gasteiger partial charge in [0.25, 0.3) is 5.91 Å². The van der Waals surface area contributed by atoms with Crippen LogP contribution in [0.1, 0.15) is 30.3 Å². The monoisotopic (exact) mass is 239 g/mol. The van der Waals surface area contributed by atoms with Gasteiger partial charge in [0.05, 0.1) is 0 Å². The van der Waals surface area contributed by atoms with Gasteiger partial charge in [-0.2, -0.15) is 11.8 Å². The Hall–Kier alpha value is -1.10. The quantitative estimate of drug-likeness (QED) is 0.750. The third-order valence-electron chi connectivity index (χ3n) is 2.87. The van der Waals surface area contributed by atoms with Gasteiger partial charge in [0.2, 0.25) is 0 Å². The number of nitrogens with two attached hydrogens (primary N) is 1. The Morgan fingerprint density at radius 2 is 2.56 bits per heavy atom. The van der Waals surface area contributed by atoms with Gasteiger partial charge in [-0.15, -0.1) is 0 Å². The van der Waals surface area contributed by atoms with E-state index < -0.39 is 0 Å². The fourth-order valence-corrected chi connectivity index (χ4v) is 3.13. The summed E-state index contributed by atoms with van der Waals surface area (Å²) in [6.45, 7) is 2.92. The molecule has 4 nitrogen and oxygen atoms in total. The number of amides is 1. The molecule has 1 aliphatic rings. The van der Waals surface area contributed by atoms with Gasteiger partial charge in [-0.25, -0.2) is 0 Å². The van der Waals surface area contributed by atoms with Crippen molar-refractivity contribution in [3.63, 3.8) is 0 Å². The minimum atomic E-state index is -0.0783. The molecule has 5 heteroatoms. The summed E-state index contributed by atoms with van der Waals surface area (Å²) >= 11 is 1.94. The number of nitrogen functional groups attached to an aromatic ring is 1. The molecule has 88 valence electrons. The maximum absolute atomic E-state index is 11.7. The van der Waals surface area contributed by atoms with E-state index in [0.29, 0.717) is 11.4 Å². The van der Waals surface area contributed by atoms with E-state index in [1.54, 1.807) is 12.3 Å². The molecule has 0 bridgehead atoms. The van der Waals surface area contributed by atoms with Gasteiger partial charge in [-0.1, -0.05) is 0 Å². The van der Waals surface area contributed by atoms with Crippen LogP contribution in [-0.2, 0) is 0 Å². The van der Waals surface area contributed by atoms with Gasteiger partial charge in [0, 0.05) is 23.2 Å². The molecule has 1 unspecified atom stereocenters. The lowest BCUT2D eigenvalue weighted by molar-refractivity contribution is 0.0945. The number of H-pyrrole nitrogens is 1. The maximum Gasteiger partial charge on any atom is 0.267 e. The Kier molecular flexibility index (Phi) is 3.14. The van der Waals surface area contributed by atoms with Gasteiger partial charge in [0.1, 0.15) is 5.69 Å². The molecule has 4 N–H and O–H groups in total. The number of aromatic amines is 1. The molecule has 1 aromatic rings. The van der Waals surface area contributed by atoms with Gasteiger partial charge in [-0.3, -0.25) is 4.79 Å². The summed E-state index contributed by atoms with van der Waals surface area (Å²) in [6.07, 6.45) is 4.04. The van der Waals surface area contributed by atoms with Crippen LogP contribution in [0.2, 0.25) is 0 Å². The van der Waals surface area contributed by atoms with Crippen molar-refractivity contribution in [2.45, 2.75) is 24.5 Å². The van der Waals surface area contributed by atoms with Crippen LogP contribution >= 0.6 is 11.8 Å². The first-order valence-electron chi connectivity index (χ1n) is 5.45. The average Bonchev–Trinajstić information content (AvgIpc) is 2.85. The lowest BCUT2D eigenvalue weighted by Gasteiger charge is -2.22. The largest absolute Gasteiger partial charge is 0.397 e. The number of carbonyl (C=O) groups excluding carboxylic acids is 1. The molecule has 0 aromatic carbocycles. The summed E-state index contributed by atoms with van der Waals surface area (Å²) in [5, 5.41) is 2.95. The second-order valence-corrected chi connectivity index (χ2v) is 6.11. The highest BCUT2D eigenvalue weighted by atomic mass is 32.2. The lowest BCUT2D eigenvalue weighted by Crippen LogP contribution is -2.36. The molecular formula is C11H17N3OS. The van der Waals surface area contributed by atoms with E-state index in [1.165, 1.54) is 18.6 Å². The SMILES string of the molecule is CC1(CNC(=O)c2cc(N)c[nH]2)CCCS1. The highest BCUT2D eigenvalue weighted by Gasteiger charge is 2.29. The van der Waals surface area contributed by atoms with Crippen molar-refractivity contribution in [2.24, 2.45) is 0 Å². The zero-order valence-corrected chi connectivity index (χ0v) is 10.2. The van der Waals surface area contributed by atoms with Crippen molar-refractivity contribution >= 4 is 23.4 Å². The van der Waals surface area contributed by atoms with Crippen molar-refractivity contribution in [1.29, 1.82) is 0 Å². The van der Waals surface area contributed by atoms with Gasteiger partial charge < -0.3 is 16.0 Å². The molecule has 0 spiro atoms. The molecule has 2 heterocycles. The van der Waals surface area contributed by atoms with E-state index in [2.05, 4.69) is 17.2 Å². The van der Waals surface area contributed by atoms with Crippen LogP contribution in [0.3, 0.4) is 0 Å². The van der Waals surface area contributed by atoms with Crippen molar-refractivity contribution in [3.8, 4) is 0 Å². The van der Waals surface area contributed by atoms with E-state index >= 15 is 0 Å². The highest BCUT2D eigenvalue weighted by Crippen LogP contribution is 2.36. The van der Waals surface area contributed by atoms with E-state index in [9.17, 15) is 4.79 Å². The van der Waals surface area contributed by atoms with Crippen LogP contribution in [0.4, 0.5) is 5.69 Å². The molecule has 1 saturated heterocycles. The zero-order chi connectivity index (χ0) is 11.6. The van der Waals surface area contributed by atoms with Crippen molar-refractivity contribution in [2.75, 3.05) is 18.0 Å². The summed E-state index contributed by atoms with van der Waals surface area (Å²) < 4.78 is 0.202. The number of thioether (sulfide) groups is 1. The molecule has 1 atom stereocenters. The highest BCUT2D eigenvalue weighted by molar-refractivity contribution is 8.00. The van der Waals surface area contributed by atoms with E-state index in [4.69, 9.17) is 5.73 Å². The van der Waals surface area contributed by atoms with Gasteiger partial charge in [0.15, 0.2) is 0 Å². The van der Waals surface area contributed by atoms with Crippen LogP contribution < -0.4 is 11.1 Å². The third kappa shape index (κ3) is 2.52. The minimum absolute atomic E-state index is 0.0783. The molecule has 1 aliphatic heterocycles. The summed E-state index contributed by atoms with van der Waals surface area (Å²) in [5.41, 5.74) is 6.67. The second-order valence-electron chi connectivity index (χ2n) is 4.43. The number of hydrogen-bond acceptors (Lipinski definition) is 3. The van der Waals surface area contributed by atoms with Crippen molar-refractivity contribution < 1.29 is 4.79 Å². The Morgan fingerprint density at radius 1 is 1.75 bits per heavy atom. The molecule has 16 heavy (non-hydrogen) atoms. The molecule has 1 fully saturated rings. The summed E-state index contributed by atoms with van der Waals surface area (Å²) in [7, 11) is 0. The van der Waals surface area contributed by atoms with Crippen LogP contribution in [0.15, 0.2) is 12.3 Å². The first-order chi connectivity index (χ1) is 7.59. The molecule has 1 aromatic heterocycles. The first kappa shape index (κ1) is 11.4. The predicted molar refractivity (Wildman–Crippen MR) is 67.6 cm³/mol. The molecule has 0 radical (unpaired) electrons. The van der Waals surface area contributed by atoms with Gasteiger partial charge >= 0.3 is 0 Å². The number of anilines is 1. The Labute approximate surface area is 99.4 Å². The molecular weight excluding hydrogens is 222 g/mol. The summed E-state index contributed by atoms with van der Waals surface area (Å²) in [6, 6.07) is 1.65. The molecule has 0 saturated carbocycles. The second kappa shape index (κ2) is 4.41. The predicted octanol–water partition coefficient (Wildman–Crippen LogP) is 1.61. The van der Waals surface area contributed by atoms with E-state index in [-0.39, 0.29) is 10.7 Å². The fourth-order valence-electron chi connectivity index (χ4n) is 1.88. The Balaban J connectivity index is 1.88. The minimum Gasteiger partial charge on any atom is -0.397 e. The number of carbonyl (C=O) groups is 1. The molecule has 1 amide bonds. The number of rotatable bonds is 3. The average molecular weight is 239 g/mol. The zero-order valence-electron chi connectivity index (χ0n) is 9.38. The number of aromatic nitrogens is 1.